The molecule has 9 heteroatoms. The van der Waals surface area contributed by atoms with E-state index in [1.807, 2.05) is 13.8 Å². The lowest BCUT2D eigenvalue weighted by molar-refractivity contribution is -0.122. The van der Waals surface area contributed by atoms with E-state index in [-0.39, 0.29) is 22.0 Å². The molecule has 2 amide bonds. The Balaban J connectivity index is 2.00. The summed E-state index contributed by atoms with van der Waals surface area (Å²) >= 11 is 12.4. The maximum absolute atomic E-state index is 14.7. The standard InChI is InChI=1S/C18H21Cl2FNO4P/c1-3-25-27(26-4-2)16-9-15(14(21)8-13(16)20)22-17(23)11-6-5-10(19)7-12(11)18(22)24/h8-12H,3-7H2,1-2H3. The maximum Gasteiger partial charge on any atom is 0.237 e. The van der Waals surface area contributed by atoms with Gasteiger partial charge in [-0.05, 0) is 45.2 Å². The summed E-state index contributed by atoms with van der Waals surface area (Å²) in [5, 5.41) is 0.441. The molecule has 0 spiro atoms. The minimum absolute atomic E-state index is 0.100. The number of anilines is 1. The number of carbonyl (C=O) groups excluding carboxylic acids is 2. The highest BCUT2D eigenvalue weighted by atomic mass is 35.5. The van der Waals surface area contributed by atoms with E-state index in [4.69, 9.17) is 32.2 Å². The number of nitrogens with zero attached hydrogens (tertiary/aromatic N) is 1. The molecular weight excluding hydrogens is 415 g/mol. The lowest BCUT2D eigenvalue weighted by Crippen LogP contribution is -2.32. The average Bonchev–Trinajstić information content (AvgIpc) is 2.86. The highest BCUT2D eigenvalue weighted by Gasteiger charge is 2.51. The van der Waals surface area contributed by atoms with Gasteiger partial charge in [0.2, 0.25) is 20.2 Å². The fourth-order valence-electron chi connectivity index (χ4n) is 3.61. The van der Waals surface area contributed by atoms with Crippen LogP contribution in [0, 0.1) is 17.7 Å². The van der Waals surface area contributed by atoms with E-state index in [2.05, 4.69) is 0 Å². The minimum atomic E-state index is -1.54. The molecule has 5 nitrogen and oxygen atoms in total. The lowest BCUT2D eigenvalue weighted by atomic mass is 9.81. The van der Waals surface area contributed by atoms with Gasteiger partial charge in [-0.3, -0.25) is 9.59 Å². The fourth-order valence-corrected chi connectivity index (χ4v) is 5.58. The molecule has 1 aromatic rings. The smallest absolute Gasteiger partial charge is 0.237 e. The van der Waals surface area contributed by atoms with Gasteiger partial charge in [-0.1, -0.05) is 11.6 Å². The number of amides is 2. The van der Waals surface area contributed by atoms with Crippen LogP contribution in [0.25, 0.3) is 0 Å². The molecule has 3 atom stereocenters. The third-order valence-electron chi connectivity index (χ3n) is 4.81. The summed E-state index contributed by atoms with van der Waals surface area (Å²) in [6.07, 6.45) is 1.64. The molecule has 2 fully saturated rings. The van der Waals surface area contributed by atoms with E-state index in [9.17, 15) is 14.0 Å². The number of hydrogen-bond donors (Lipinski definition) is 0. The zero-order valence-electron chi connectivity index (χ0n) is 15.1. The molecule has 27 heavy (non-hydrogen) atoms. The van der Waals surface area contributed by atoms with E-state index in [1.165, 1.54) is 6.07 Å². The van der Waals surface area contributed by atoms with Crippen molar-refractivity contribution >= 4 is 54.4 Å². The van der Waals surface area contributed by atoms with Gasteiger partial charge in [0, 0.05) is 5.38 Å². The van der Waals surface area contributed by atoms with Crippen molar-refractivity contribution in [1.29, 1.82) is 0 Å². The molecule has 1 aliphatic heterocycles. The number of rotatable bonds is 6. The average molecular weight is 436 g/mol. The first-order chi connectivity index (χ1) is 12.9. The molecule has 0 N–H and O–H groups in total. The van der Waals surface area contributed by atoms with Crippen molar-refractivity contribution in [3.63, 3.8) is 0 Å². The van der Waals surface area contributed by atoms with Crippen LogP contribution in [-0.2, 0) is 18.6 Å². The van der Waals surface area contributed by atoms with E-state index in [0.717, 1.165) is 11.0 Å². The van der Waals surface area contributed by atoms with Gasteiger partial charge in [0.25, 0.3) is 0 Å². The summed E-state index contributed by atoms with van der Waals surface area (Å²) < 4.78 is 25.9. The number of alkyl halides is 1. The van der Waals surface area contributed by atoms with Gasteiger partial charge in [0.1, 0.15) is 5.82 Å². The van der Waals surface area contributed by atoms with Crippen LogP contribution in [-0.4, -0.2) is 30.4 Å². The van der Waals surface area contributed by atoms with E-state index in [1.54, 1.807) is 0 Å². The molecule has 1 saturated heterocycles. The predicted molar refractivity (Wildman–Crippen MR) is 104 cm³/mol. The van der Waals surface area contributed by atoms with Crippen molar-refractivity contribution in [3.05, 3.63) is 23.0 Å². The van der Waals surface area contributed by atoms with Crippen LogP contribution >= 0.6 is 31.6 Å². The highest BCUT2D eigenvalue weighted by Crippen LogP contribution is 2.45. The van der Waals surface area contributed by atoms with Gasteiger partial charge in [-0.2, -0.15) is 0 Å². The van der Waals surface area contributed by atoms with Crippen molar-refractivity contribution in [3.8, 4) is 0 Å². The lowest BCUT2D eigenvalue weighted by Gasteiger charge is -2.24. The second-order valence-corrected chi connectivity index (χ2v) is 9.02. The first-order valence-corrected chi connectivity index (χ1v) is 10.9. The fraction of sp³-hybridized carbons (Fsp3) is 0.556. The van der Waals surface area contributed by atoms with Crippen molar-refractivity contribution in [2.75, 3.05) is 18.1 Å². The molecule has 0 aromatic heterocycles. The van der Waals surface area contributed by atoms with Gasteiger partial charge in [0.05, 0.1) is 41.1 Å². The summed E-state index contributed by atoms with van der Waals surface area (Å²) in [6, 6.07) is 2.51. The number of hydrogen-bond acceptors (Lipinski definition) is 4. The van der Waals surface area contributed by atoms with Crippen LogP contribution in [0.2, 0.25) is 5.02 Å². The third kappa shape index (κ3) is 4.01. The summed E-state index contributed by atoms with van der Waals surface area (Å²) in [7, 11) is -1.54. The van der Waals surface area contributed by atoms with Crippen LogP contribution in [0.3, 0.4) is 0 Å². The first-order valence-electron chi connectivity index (χ1n) is 8.95. The molecule has 148 valence electrons. The Morgan fingerprint density at radius 2 is 1.78 bits per heavy atom. The Bertz CT molecular complexity index is 744. The molecule has 3 unspecified atom stereocenters. The quantitative estimate of drug-likeness (QED) is 0.377. The van der Waals surface area contributed by atoms with Crippen LogP contribution < -0.4 is 10.2 Å². The van der Waals surface area contributed by atoms with Gasteiger partial charge >= 0.3 is 0 Å². The van der Waals surface area contributed by atoms with Crippen molar-refractivity contribution in [2.24, 2.45) is 11.8 Å². The molecule has 0 radical (unpaired) electrons. The normalized spacial score (nSPS) is 25.4. The Kier molecular flexibility index (Phi) is 6.75. The van der Waals surface area contributed by atoms with Gasteiger partial charge in [-0.25, -0.2) is 9.29 Å². The molecule has 1 heterocycles. The van der Waals surface area contributed by atoms with Crippen molar-refractivity contribution in [2.45, 2.75) is 38.5 Å². The predicted octanol–water partition coefficient (Wildman–Crippen LogP) is 4.39. The number of carbonyl (C=O) groups is 2. The van der Waals surface area contributed by atoms with Crippen molar-refractivity contribution in [1.82, 2.24) is 0 Å². The van der Waals surface area contributed by atoms with E-state index in [0.29, 0.717) is 37.8 Å². The molecule has 3 rings (SSSR count). The Morgan fingerprint density at radius 3 is 2.41 bits per heavy atom. The molecule has 2 aliphatic rings. The number of imide groups is 1. The second kappa shape index (κ2) is 8.71. The Hall–Kier alpha value is -0.780. The topological polar surface area (TPSA) is 55.8 Å². The number of fused-ring (bicyclic) bond motifs is 1. The first kappa shape index (κ1) is 20.9. The van der Waals surface area contributed by atoms with Gasteiger partial charge in [-0.15, -0.1) is 11.6 Å². The van der Waals surface area contributed by atoms with E-state index >= 15 is 0 Å². The number of benzene rings is 1. The van der Waals surface area contributed by atoms with E-state index < -0.39 is 31.9 Å². The second-order valence-electron chi connectivity index (χ2n) is 6.48. The van der Waals surface area contributed by atoms with Crippen LogP contribution in [0.15, 0.2) is 12.1 Å². The SMILES string of the molecule is CCOP(OCC)c1cc(N2C(=O)C3CCC(Cl)CC3C2=O)c(F)cc1Cl. The molecular formula is C18H21Cl2FNO4P. The summed E-state index contributed by atoms with van der Waals surface area (Å²) in [5.74, 6) is -2.44. The van der Waals surface area contributed by atoms with Gasteiger partial charge < -0.3 is 9.05 Å². The molecule has 1 saturated carbocycles. The zero-order chi connectivity index (χ0) is 19.7. The Morgan fingerprint density at radius 1 is 1.15 bits per heavy atom. The molecule has 1 aliphatic carbocycles. The largest absolute Gasteiger partial charge is 0.331 e. The minimum Gasteiger partial charge on any atom is -0.331 e. The van der Waals surface area contributed by atoms with Crippen LogP contribution in [0.1, 0.15) is 33.1 Å². The Labute approximate surface area is 169 Å². The molecule has 1 aromatic carbocycles. The summed E-state index contributed by atoms with van der Waals surface area (Å²) in [5.41, 5.74) is -0.100. The zero-order valence-corrected chi connectivity index (χ0v) is 17.5. The van der Waals surface area contributed by atoms with Crippen LogP contribution in [0.5, 0.6) is 0 Å². The monoisotopic (exact) mass is 435 g/mol. The van der Waals surface area contributed by atoms with Crippen LogP contribution in [0.4, 0.5) is 10.1 Å². The summed E-state index contributed by atoms with van der Waals surface area (Å²) in [6.45, 7) is 4.40. The molecule has 0 bridgehead atoms. The number of halogens is 3. The maximum atomic E-state index is 14.7. The highest BCUT2D eigenvalue weighted by molar-refractivity contribution is 7.56. The van der Waals surface area contributed by atoms with Crippen molar-refractivity contribution < 1.29 is 23.0 Å². The summed E-state index contributed by atoms with van der Waals surface area (Å²) in [4.78, 5) is 26.6. The van der Waals surface area contributed by atoms with Gasteiger partial charge in [0.15, 0.2) is 0 Å². The third-order valence-corrected chi connectivity index (χ3v) is 7.40.